The summed E-state index contributed by atoms with van der Waals surface area (Å²) in [6.07, 6.45) is 1.60. The number of ether oxygens (including phenoxy) is 2. The lowest BCUT2D eigenvalue weighted by Gasteiger charge is -2.32. The summed E-state index contributed by atoms with van der Waals surface area (Å²) >= 11 is 0. The standard InChI is InChI=1S/C26H29N3O5/c1-3-33-26(32)22-16(2)28-20-8-5-9-21(23(20)24(22)27)34-15-17-10-12-29(13-11-17)25(31)18-6-4-7-19(30)14-18/h4-9,14,17,30H,3,10-13,15H2,1-2H3,(H2,27,28). The topological polar surface area (TPSA) is 115 Å². The summed E-state index contributed by atoms with van der Waals surface area (Å²) in [5, 5.41) is 10.2. The highest BCUT2D eigenvalue weighted by molar-refractivity contribution is 6.07. The Morgan fingerprint density at radius 2 is 1.91 bits per heavy atom. The Bertz CT molecular complexity index is 1220. The van der Waals surface area contributed by atoms with E-state index in [4.69, 9.17) is 15.2 Å². The fourth-order valence-electron chi connectivity index (χ4n) is 4.35. The fraction of sp³-hybridized carbons (Fsp3) is 0.346. The number of nitrogen functional groups attached to an aromatic ring is 1. The number of benzene rings is 2. The van der Waals surface area contributed by atoms with Crippen molar-refractivity contribution in [2.45, 2.75) is 26.7 Å². The maximum Gasteiger partial charge on any atom is 0.342 e. The van der Waals surface area contributed by atoms with Crippen molar-refractivity contribution < 1.29 is 24.2 Å². The van der Waals surface area contributed by atoms with Gasteiger partial charge >= 0.3 is 5.97 Å². The predicted octanol–water partition coefficient (Wildman–Crippen LogP) is 3.94. The van der Waals surface area contributed by atoms with Crippen LogP contribution in [0, 0.1) is 12.8 Å². The minimum absolute atomic E-state index is 0.0787. The van der Waals surface area contributed by atoms with Crippen molar-refractivity contribution in [3.63, 3.8) is 0 Å². The van der Waals surface area contributed by atoms with E-state index in [0.29, 0.717) is 53.3 Å². The zero-order chi connectivity index (χ0) is 24.2. The number of carbonyl (C=O) groups excluding carboxylic acids is 2. The Morgan fingerprint density at radius 1 is 1.18 bits per heavy atom. The van der Waals surface area contributed by atoms with Crippen molar-refractivity contribution in [1.82, 2.24) is 9.88 Å². The summed E-state index contributed by atoms with van der Waals surface area (Å²) in [7, 11) is 0. The average Bonchev–Trinajstić information content (AvgIpc) is 2.82. The number of pyridine rings is 1. The number of aromatic nitrogens is 1. The Balaban J connectivity index is 1.44. The lowest BCUT2D eigenvalue weighted by molar-refractivity contribution is 0.0526. The molecule has 0 spiro atoms. The molecule has 0 aliphatic carbocycles. The maximum absolute atomic E-state index is 12.7. The van der Waals surface area contributed by atoms with Crippen LogP contribution in [0.2, 0.25) is 0 Å². The molecule has 1 amide bonds. The van der Waals surface area contributed by atoms with Gasteiger partial charge in [0.1, 0.15) is 17.1 Å². The van der Waals surface area contributed by atoms with Crippen LogP contribution < -0.4 is 10.5 Å². The Hall–Kier alpha value is -3.81. The predicted molar refractivity (Wildman–Crippen MR) is 129 cm³/mol. The van der Waals surface area contributed by atoms with Crippen molar-refractivity contribution in [3.8, 4) is 11.5 Å². The van der Waals surface area contributed by atoms with E-state index in [1.54, 1.807) is 36.9 Å². The molecule has 0 saturated carbocycles. The SMILES string of the molecule is CCOC(=O)c1c(C)nc2cccc(OCC3CCN(C(=O)c4cccc(O)c4)CC3)c2c1N. The molecule has 1 fully saturated rings. The molecular weight excluding hydrogens is 434 g/mol. The number of fused-ring (bicyclic) bond motifs is 1. The van der Waals surface area contributed by atoms with Crippen LogP contribution >= 0.6 is 0 Å². The highest BCUT2D eigenvalue weighted by Gasteiger charge is 2.25. The number of phenols is 1. The molecule has 0 radical (unpaired) electrons. The van der Waals surface area contributed by atoms with Gasteiger partial charge in [0.2, 0.25) is 0 Å². The van der Waals surface area contributed by atoms with Gasteiger partial charge in [-0.05, 0) is 62.9 Å². The fourth-order valence-corrected chi connectivity index (χ4v) is 4.35. The van der Waals surface area contributed by atoms with Gasteiger partial charge in [-0.15, -0.1) is 0 Å². The van der Waals surface area contributed by atoms with Crippen molar-refractivity contribution >= 4 is 28.5 Å². The number of aryl methyl sites for hydroxylation is 1. The van der Waals surface area contributed by atoms with E-state index in [-0.39, 0.29) is 29.7 Å². The highest BCUT2D eigenvalue weighted by Crippen LogP contribution is 2.34. The van der Waals surface area contributed by atoms with Crippen LogP contribution in [0.25, 0.3) is 10.9 Å². The minimum atomic E-state index is -0.495. The van der Waals surface area contributed by atoms with E-state index in [1.165, 1.54) is 6.07 Å². The summed E-state index contributed by atoms with van der Waals surface area (Å²) in [6.45, 7) is 5.44. The van der Waals surface area contributed by atoms with Crippen molar-refractivity contribution in [3.05, 3.63) is 59.3 Å². The number of hydrogen-bond acceptors (Lipinski definition) is 7. The van der Waals surface area contributed by atoms with Crippen LogP contribution in [-0.4, -0.2) is 53.2 Å². The van der Waals surface area contributed by atoms with Gasteiger partial charge in [0.05, 0.1) is 35.5 Å². The van der Waals surface area contributed by atoms with Crippen LogP contribution in [0.4, 0.5) is 5.69 Å². The van der Waals surface area contributed by atoms with Gasteiger partial charge in [-0.3, -0.25) is 9.78 Å². The Kier molecular flexibility index (Phi) is 6.86. The van der Waals surface area contributed by atoms with E-state index in [1.807, 2.05) is 18.2 Å². The summed E-state index contributed by atoms with van der Waals surface area (Å²) in [6, 6.07) is 11.9. The second kappa shape index (κ2) is 9.99. The molecule has 34 heavy (non-hydrogen) atoms. The first kappa shape index (κ1) is 23.4. The summed E-state index contributed by atoms with van der Waals surface area (Å²) in [4.78, 5) is 31.5. The summed E-state index contributed by atoms with van der Waals surface area (Å²) < 4.78 is 11.3. The molecule has 0 bridgehead atoms. The number of esters is 1. The molecule has 8 nitrogen and oxygen atoms in total. The van der Waals surface area contributed by atoms with Gasteiger partial charge in [-0.1, -0.05) is 12.1 Å². The number of nitrogens with two attached hydrogens (primary N) is 1. The molecule has 0 unspecified atom stereocenters. The van der Waals surface area contributed by atoms with Gasteiger partial charge < -0.3 is 25.2 Å². The molecular formula is C26H29N3O5. The second-order valence-electron chi connectivity index (χ2n) is 8.45. The monoisotopic (exact) mass is 463 g/mol. The quantitative estimate of drug-likeness (QED) is 0.532. The molecule has 1 aliphatic heterocycles. The molecule has 2 heterocycles. The molecule has 3 N–H and O–H groups in total. The highest BCUT2D eigenvalue weighted by atomic mass is 16.5. The number of anilines is 1. The normalized spacial score (nSPS) is 14.2. The number of hydrogen-bond donors (Lipinski definition) is 2. The minimum Gasteiger partial charge on any atom is -0.508 e. The van der Waals surface area contributed by atoms with Crippen LogP contribution in [0.5, 0.6) is 11.5 Å². The number of phenolic OH excluding ortho intramolecular Hbond substituents is 1. The van der Waals surface area contributed by atoms with Gasteiger partial charge in [0, 0.05) is 18.7 Å². The number of amides is 1. The average molecular weight is 464 g/mol. The van der Waals surface area contributed by atoms with Crippen molar-refractivity contribution in [1.29, 1.82) is 0 Å². The third kappa shape index (κ3) is 4.76. The Morgan fingerprint density at radius 3 is 2.62 bits per heavy atom. The van der Waals surface area contributed by atoms with Crippen molar-refractivity contribution in [2.75, 3.05) is 32.0 Å². The lowest BCUT2D eigenvalue weighted by Crippen LogP contribution is -2.39. The molecule has 1 aromatic heterocycles. The van der Waals surface area contributed by atoms with Crippen LogP contribution in [0.15, 0.2) is 42.5 Å². The van der Waals surface area contributed by atoms with E-state index in [0.717, 1.165) is 12.8 Å². The number of nitrogens with zero attached hydrogens (tertiary/aromatic N) is 2. The zero-order valence-corrected chi connectivity index (χ0v) is 19.4. The number of aromatic hydroxyl groups is 1. The van der Waals surface area contributed by atoms with E-state index < -0.39 is 5.97 Å². The van der Waals surface area contributed by atoms with Gasteiger partial charge in [0.15, 0.2) is 0 Å². The number of carbonyl (C=O) groups is 2. The first-order valence-corrected chi connectivity index (χ1v) is 11.5. The van der Waals surface area contributed by atoms with E-state index in [9.17, 15) is 14.7 Å². The van der Waals surface area contributed by atoms with Crippen LogP contribution in [0.3, 0.4) is 0 Å². The summed E-state index contributed by atoms with van der Waals surface area (Å²) in [5.41, 5.74) is 8.64. The van der Waals surface area contributed by atoms with E-state index in [2.05, 4.69) is 4.98 Å². The molecule has 8 heteroatoms. The third-order valence-corrected chi connectivity index (χ3v) is 6.14. The van der Waals surface area contributed by atoms with Gasteiger partial charge in [-0.2, -0.15) is 0 Å². The second-order valence-corrected chi connectivity index (χ2v) is 8.45. The lowest BCUT2D eigenvalue weighted by atomic mass is 9.97. The number of likely N-dealkylation sites (tertiary alicyclic amines) is 1. The summed E-state index contributed by atoms with van der Waals surface area (Å²) in [5.74, 6) is 0.355. The molecule has 1 saturated heterocycles. The first-order chi connectivity index (χ1) is 16.4. The first-order valence-electron chi connectivity index (χ1n) is 11.5. The molecule has 1 aliphatic rings. The molecule has 2 aromatic carbocycles. The zero-order valence-electron chi connectivity index (χ0n) is 19.4. The molecule has 178 valence electrons. The molecule has 4 rings (SSSR count). The van der Waals surface area contributed by atoms with Gasteiger partial charge in [0.25, 0.3) is 5.91 Å². The Labute approximate surface area is 198 Å². The number of rotatable bonds is 6. The molecule has 0 atom stereocenters. The van der Waals surface area contributed by atoms with Crippen LogP contribution in [0.1, 0.15) is 46.2 Å². The smallest absolute Gasteiger partial charge is 0.342 e. The number of piperidine rings is 1. The van der Waals surface area contributed by atoms with Crippen molar-refractivity contribution in [2.24, 2.45) is 5.92 Å². The third-order valence-electron chi connectivity index (χ3n) is 6.14. The largest absolute Gasteiger partial charge is 0.508 e. The van der Waals surface area contributed by atoms with Crippen LogP contribution in [-0.2, 0) is 4.74 Å². The molecule has 3 aromatic rings. The maximum atomic E-state index is 12.7. The van der Waals surface area contributed by atoms with E-state index >= 15 is 0 Å². The van der Waals surface area contributed by atoms with Gasteiger partial charge in [-0.25, -0.2) is 4.79 Å².